The molecule has 0 bridgehead atoms. The van der Waals surface area contributed by atoms with E-state index in [1.165, 1.54) is 0 Å². The Morgan fingerprint density at radius 3 is 1.84 bits per heavy atom. The molecule has 6 rings (SSSR count). The molecule has 0 atom stereocenters. The number of carboxylic acid groups (broad SMARTS) is 1. The molecular formula is C42H36N8O5. The van der Waals surface area contributed by atoms with E-state index in [0.717, 1.165) is 22.4 Å². The molecular weight excluding hydrogens is 697 g/mol. The number of hydrogen-bond donors (Lipinski definition) is 4. The van der Waals surface area contributed by atoms with Crippen LogP contribution in [0.1, 0.15) is 39.9 Å². The summed E-state index contributed by atoms with van der Waals surface area (Å²) in [6, 6.07) is 33.7. The van der Waals surface area contributed by atoms with Crippen LogP contribution in [0.4, 0.5) is 45.5 Å². The number of fused-ring (bicyclic) bond motifs is 1. The Hall–Kier alpha value is -7.41. The van der Waals surface area contributed by atoms with Crippen molar-refractivity contribution in [1.29, 1.82) is 0 Å². The molecule has 6 aromatic carbocycles. The van der Waals surface area contributed by atoms with Crippen molar-refractivity contribution in [3.8, 4) is 5.75 Å². The smallest absolute Gasteiger partial charge is 0.303 e. The molecule has 2 amide bonds. The van der Waals surface area contributed by atoms with Gasteiger partial charge in [0.2, 0.25) is 5.91 Å². The third-order valence-electron chi connectivity index (χ3n) is 8.49. The van der Waals surface area contributed by atoms with Crippen LogP contribution >= 0.6 is 0 Å². The van der Waals surface area contributed by atoms with Crippen LogP contribution in [-0.2, 0) is 9.59 Å². The summed E-state index contributed by atoms with van der Waals surface area (Å²) in [5, 5.41) is 52.7. The van der Waals surface area contributed by atoms with E-state index >= 15 is 0 Å². The van der Waals surface area contributed by atoms with Crippen molar-refractivity contribution >= 4 is 74.1 Å². The summed E-state index contributed by atoms with van der Waals surface area (Å²) < 4.78 is 0. The molecule has 55 heavy (non-hydrogen) atoms. The van der Waals surface area contributed by atoms with Gasteiger partial charge in [0.15, 0.2) is 5.75 Å². The molecule has 0 radical (unpaired) electrons. The average Bonchev–Trinajstić information content (AvgIpc) is 3.17. The lowest BCUT2D eigenvalue weighted by Crippen LogP contribution is -2.13. The number of nitrogens with zero attached hydrogens (tertiary/aromatic N) is 6. The van der Waals surface area contributed by atoms with Crippen molar-refractivity contribution in [3.05, 3.63) is 138 Å². The Labute approximate surface area is 316 Å². The van der Waals surface area contributed by atoms with Gasteiger partial charge in [-0.25, -0.2) is 0 Å². The maximum atomic E-state index is 12.6. The van der Waals surface area contributed by atoms with Crippen LogP contribution in [0.5, 0.6) is 5.75 Å². The summed E-state index contributed by atoms with van der Waals surface area (Å²) in [7, 11) is 0. The van der Waals surface area contributed by atoms with Crippen molar-refractivity contribution in [2.75, 3.05) is 10.6 Å². The fraction of sp³-hybridized carbons (Fsp3) is 0.119. The van der Waals surface area contributed by atoms with Gasteiger partial charge >= 0.3 is 5.97 Å². The van der Waals surface area contributed by atoms with Gasteiger partial charge in [-0.1, -0.05) is 24.3 Å². The van der Waals surface area contributed by atoms with E-state index in [4.69, 9.17) is 5.11 Å². The lowest BCUT2D eigenvalue weighted by Gasteiger charge is -2.08. The minimum absolute atomic E-state index is 0.0652. The number of azo groups is 3. The number of anilines is 2. The van der Waals surface area contributed by atoms with Gasteiger partial charge in [-0.2, -0.15) is 25.6 Å². The minimum atomic E-state index is -1.05. The first kappa shape index (κ1) is 37.4. The van der Waals surface area contributed by atoms with E-state index in [1.54, 1.807) is 66.7 Å². The Morgan fingerprint density at radius 2 is 1.15 bits per heavy atom. The number of para-hydroxylation sites is 1. The van der Waals surface area contributed by atoms with Crippen molar-refractivity contribution < 1.29 is 24.6 Å². The summed E-state index contributed by atoms with van der Waals surface area (Å²) in [4.78, 5) is 35.3. The van der Waals surface area contributed by atoms with E-state index in [2.05, 4.69) is 41.3 Å². The third kappa shape index (κ3) is 9.73. The largest absolute Gasteiger partial charge is 0.505 e. The number of rotatable bonds is 12. The lowest BCUT2D eigenvalue weighted by molar-refractivity contribution is -0.138. The molecule has 0 aliphatic carbocycles. The molecule has 13 heteroatoms. The molecule has 6 aromatic rings. The van der Waals surface area contributed by atoms with Gasteiger partial charge in [0.05, 0.1) is 34.9 Å². The molecule has 0 saturated heterocycles. The van der Waals surface area contributed by atoms with Gasteiger partial charge in [0.1, 0.15) is 5.69 Å². The monoisotopic (exact) mass is 732 g/mol. The van der Waals surface area contributed by atoms with Crippen LogP contribution in [0.15, 0.2) is 146 Å². The summed E-state index contributed by atoms with van der Waals surface area (Å²) in [6.07, 6.45) is -0.397. The molecule has 0 aliphatic rings. The lowest BCUT2D eigenvalue weighted by atomic mass is 10.1. The summed E-state index contributed by atoms with van der Waals surface area (Å²) in [6.45, 7) is 5.74. The average molecular weight is 733 g/mol. The normalized spacial score (nSPS) is 11.5. The number of aromatic hydroxyl groups is 1. The fourth-order valence-corrected chi connectivity index (χ4v) is 5.45. The van der Waals surface area contributed by atoms with Crippen LogP contribution in [-0.4, -0.2) is 28.0 Å². The Kier molecular flexibility index (Phi) is 11.5. The van der Waals surface area contributed by atoms with Crippen LogP contribution in [0.25, 0.3) is 10.8 Å². The van der Waals surface area contributed by atoms with E-state index in [9.17, 15) is 19.5 Å². The van der Waals surface area contributed by atoms with Gasteiger partial charge in [-0.05, 0) is 134 Å². The highest BCUT2D eigenvalue weighted by Gasteiger charge is 2.11. The quantitative estimate of drug-likeness (QED) is 0.0908. The van der Waals surface area contributed by atoms with Gasteiger partial charge < -0.3 is 20.8 Å². The molecule has 0 unspecified atom stereocenters. The number of amides is 2. The third-order valence-corrected chi connectivity index (χ3v) is 8.49. The molecule has 0 aliphatic heterocycles. The predicted molar refractivity (Wildman–Crippen MR) is 212 cm³/mol. The second-order valence-corrected chi connectivity index (χ2v) is 12.7. The number of carbonyl (C=O) groups is 3. The van der Waals surface area contributed by atoms with Gasteiger partial charge in [0.25, 0.3) is 5.91 Å². The standard InChI is InChI=1S/C42H36N8O5/c1-25-21-33(46-48-36-17-11-29-24-32(14-16-34(29)41(36)54)43-39(51)19-20-40(52)53)15-18-35(25)47-50-38-23-26(2)37(22-27(38)3)49-45-31-12-9-28(10-13-31)42(55)44-30-7-5-4-6-8-30/h4-18,21-24,54H,19-20H2,1-3H3,(H,43,51)(H,44,55)(H,52,53). The second kappa shape index (κ2) is 16.9. The van der Waals surface area contributed by atoms with Gasteiger partial charge in [-0.15, -0.1) is 5.11 Å². The highest BCUT2D eigenvalue weighted by atomic mass is 16.4. The molecule has 0 saturated carbocycles. The SMILES string of the molecule is Cc1cc(N=Nc2ccc(N=Nc3ccc4cc(NC(=O)CCC(=O)O)ccc4c3O)cc2C)c(C)cc1N=Nc1ccc(C(=O)Nc2ccccc2)cc1. The first-order chi connectivity index (χ1) is 26.5. The molecule has 0 heterocycles. The summed E-state index contributed by atoms with van der Waals surface area (Å²) in [5.74, 6) is -1.73. The second-order valence-electron chi connectivity index (χ2n) is 12.7. The van der Waals surface area contributed by atoms with E-state index in [-0.39, 0.29) is 30.2 Å². The van der Waals surface area contributed by atoms with Crippen molar-refractivity contribution in [1.82, 2.24) is 0 Å². The zero-order valence-corrected chi connectivity index (χ0v) is 30.2. The summed E-state index contributed by atoms with van der Waals surface area (Å²) in [5.41, 5.74) is 7.75. The van der Waals surface area contributed by atoms with Crippen LogP contribution < -0.4 is 10.6 Å². The van der Waals surface area contributed by atoms with Gasteiger partial charge in [-0.3, -0.25) is 14.4 Å². The van der Waals surface area contributed by atoms with Crippen molar-refractivity contribution in [2.45, 2.75) is 33.6 Å². The maximum Gasteiger partial charge on any atom is 0.303 e. The Morgan fingerprint density at radius 1 is 0.545 bits per heavy atom. The molecule has 0 spiro atoms. The number of aliphatic carboxylic acids is 1. The molecule has 0 aromatic heterocycles. The number of hydrogen-bond acceptors (Lipinski definition) is 10. The van der Waals surface area contributed by atoms with E-state index < -0.39 is 11.9 Å². The van der Waals surface area contributed by atoms with Crippen LogP contribution in [0.3, 0.4) is 0 Å². The number of phenolic OH excluding ortho intramolecular Hbond substituents is 1. The maximum absolute atomic E-state index is 12.6. The Balaban J connectivity index is 1.08. The van der Waals surface area contributed by atoms with Gasteiger partial charge in [0, 0.05) is 28.7 Å². The highest BCUT2D eigenvalue weighted by molar-refractivity contribution is 6.04. The molecule has 0 fully saturated rings. The minimum Gasteiger partial charge on any atom is -0.505 e. The number of nitrogens with one attached hydrogen (secondary N) is 2. The summed E-state index contributed by atoms with van der Waals surface area (Å²) >= 11 is 0. The predicted octanol–water partition coefficient (Wildman–Crippen LogP) is 11.8. The van der Waals surface area contributed by atoms with Crippen LogP contribution in [0.2, 0.25) is 0 Å². The Bertz CT molecular complexity index is 2500. The first-order valence-electron chi connectivity index (χ1n) is 17.2. The highest BCUT2D eigenvalue weighted by Crippen LogP contribution is 2.37. The number of benzene rings is 6. The number of carbonyl (C=O) groups excluding carboxylic acids is 2. The van der Waals surface area contributed by atoms with E-state index in [1.807, 2.05) is 69.3 Å². The van der Waals surface area contributed by atoms with Crippen molar-refractivity contribution in [3.63, 3.8) is 0 Å². The zero-order valence-electron chi connectivity index (χ0n) is 30.2. The molecule has 4 N–H and O–H groups in total. The topological polar surface area (TPSA) is 190 Å². The number of aryl methyl sites for hydroxylation is 3. The van der Waals surface area contributed by atoms with Crippen LogP contribution in [0, 0.1) is 20.8 Å². The van der Waals surface area contributed by atoms with E-state index in [0.29, 0.717) is 50.5 Å². The number of phenols is 1. The first-order valence-corrected chi connectivity index (χ1v) is 17.2. The fourth-order valence-electron chi connectivity index (χ4n) is 5.45. The van der Waals surface area contributed by atoms with Crippen molar-refractivity contribution in [2.24, 2.45) is 30.7 Å². The molecule has 274 valence electrons. The molecule has 13 nitrogen and oxygen atoms in total. The zero-order chi connectivity index (χ0) is 38.9. The number of carboxylic acids is 1.